The van der Waals surface area contributed by atoms with Gasteiger partial charge in [-0.1, -0.05) is 64.6 Å². The molecular formula is C18H19Cl3N2O. The monoisotopic (exact) mass is 384 g/mol. The number of benzene rings is 2. The molecule has 0 aliphatic rings. The van der Waals surface area contributed by atoms with Gasteiger partial charge in [-0.2, -0.15) is 0 Å². The topological polar surface area (TPSA) is 41.1 Å². The molecule has 1 amide bonds. The van der Waals surface area contributed by atoms with Crippen LogP contribution in [0.25, 0.3) is 0 Å². The lowest BCUT2D eigenvalue weighted by molar-refractivity contribution is 0.0941. The Morgan fingerprint density at radius 2 is 1.67 bits per heavy atom. The molecule has 0 unspecified atom stereocenters. The second kappa shape index (κ2) is 7.64. The Hall–Kier alpha value is -1.42. The van der Waals surface area contributed by atoms with Crippen LogP contribution in [0.3, 0.4) is 0 Å². The van der Waals surface area contributed by atoms with E-state index in [0.717, 1.165) is 22.4 Å². The Morgan fingerprint density at radius 3 is 2.29 bits per heavy atom. The van der Waals surface area contributed by atoms with Crippen LogP contribution in [0.15, 0.2) is 42.5 Å². The van der Waals surface area contributed by atoms with E-state index in [1.165, 1.54) is 0 Å². The number of halogens is 3. The number of carbonyl (C=O) groups excluding carboxylic acids is 1. The minimum absolute atomic E-state index is 0.312. The summed E-state index contributed by atoms with van der Waals surface area (Å²) < 4.78 is -1.71. The number of rotatable bonds is 4. The predicted octanol–water partition coefficient (Wildman–Crippen LogP) is 5.15. The highest BCUT2D eigenvalue weighted by molar-refractivity contribution is 6.68. The summed E-state index contributed by atoms with van der Waals surface area (Å²) in [7, 11) is 0. The van der Waals surface area contributed by atoms with Crippen LogP contribution in [0.4, 0.5) is 5.69 Å². The lowest BCUT2D eigenvalue weighted by Gasteiger charge is -2.28. The Balaban J connectivity index is 2.23. The van der Waals surface area contributed by atoms with Crippen molar-refractivity contribution in [1.29, 1.82) is 0 Å². The van der Waals surface area contributed by atoms with Crippen molar-refractivity contribution < 1.29 is 4.79 Å². The summed E-state index contributed by atoms with van der Waals surface area (Å²) in [6.45, 7) is 5.83. The molecule has 2 aromatic carbocycles. The molecule has 24 heavy (non-hydrogen) atoms. The van der Waals surface area contributed by atoms with Crippen LogP contribution in [0.2, 0.25) is 0 Å². The molecule has 0 heterocycles. The summed E-state index contributed by atoms with van der Waals surface area (Å²) >= 11 is 18.2. The van der Waals surface area contributed by atoms with Gasteiger partial charge in [-0.15, -0.1) is 0 Å². The van der Waals surface area contributed by atoms with E-state index in [-0.39, 0.29) is 5.91 Å². The number of anilines is 1. The summed E-state index contributed by atoms with van der Waals surface area (Å²) in [6, 6.07) is 13.1. The van der Waals surface area contributed by atoms with E-state index in [0.29, 0.717) is 5.56 Å². The SMILES string of the molecule is Cc1cccc(C(=O)N[C@H](Nc2cc(C)ccc2C)C(Cl)(Cl)Cl)c1. The molecule has 2 aromatic rings. The van der Waals surface area contributed by atoms with Crippen molar-refractivity contribution in [1.82, 2.24) is 5.32 Å². The summed E-state index contributed by atoms with van der Waals surface area (Å²) in [5.41, 5.74) is 4.35. The van der Waals surface area contributed by atoms with Crippen molar-refractivity contribution >= 4 is 46.4 Å². The standard InChI is InChI=1S/C18H19Cl3N2O/c1-11-5-4-6-14(9-11)16(24)23-17(18(19,20)21)22-15-10-12(2)7-8-13(15)3/h4-10,17,22H,1-3H3,(H,23,24)/t17-/m0/s1. The van der Waals surface area contributed by atoms with Gasteiger partial charge in [0.15, 0.2) is 0 Å². The third-order valence-corrected chi connectivity index (χ3v) is 4.23. The summed E-state index contributed by atoms with van der Waals surface area (Å²) in [5, 5.41) is 5.87. The quantitative estimate of drug-likeness (QED) is 0.564. The fourth-order valence-corrected chi connectivity index (χ4v) is 2.57. The van der Waals surface area contributed by atoms with Crippen molar-refractivity contribution in [2.75, 3.05) is 5.32 Å². The molecule has 0 aliphatic carbocycles. The van der Waals surface area contributed by atoms with Crippen LogP contribution < -0.4 is 10.6 Å². The lowest BCUT2D eigenvalue weighted by Crippen LogP contribution is -2.49. The maximum atomic E-state index is 12.5. The molecule has 0 saturated carbocycles. The molecule has 0 aliphatic heterocycles. The number of hydrogen-bond donors (Lipinski definition) is 2. The zero-order valence-electron chi connectivity index (χ0n) is 13.7. The van der Waals surface area contributed by atoms with Gasteiger partial charge in [0.25, 0.3) is 5.91 Å². The molecule has 6 heteroatoms. The van der Waals surface area contributed by atoms with E-state index < -0.39 is 9.96 Å². The maximum Gasteiger partial charge on any atom is 0.252 e. The fourth-order valence-electron chi connectivity index (χ4n) is 2.25. The molecule has 1 atom stereocenters. The van der Waals surface area contributed by atoms with Crippen molar-refractivity contribution in [3.05, 3.63) is 64.7 Å². The van der Waals surface area contributed by atoms with Gasteiger partial charge in [-0.25, -0.2) is 0 Å². The first-order valence-electron chi connectivity index (χ1n) is 7.45. The fraction of sp³-hybridized carbons (Fsp3) is 0.278. The molecule has 0 radical (unpaired) electrons. The van der Waals surface area contributed by atoms with Crippen LogP contribution >= 0.6 is 34.8 Å². The molecule has 0 spiro atoms. The summed E-state index contributed by atoms with van der Waals surface area (Å²) in [4.78, 5) is 12.5. The van der Waals surface area contributed by atoms with Gasteiger partial charge in [0.1, 0.15) is 6.17 Å². The molecule has 0 bridgehead atoms. The van der Waals surface area contributed by atoms with E-state index in [1.54, 1.807) is 12.1 Å². The highest BCUT2D eigenvalue weighted by Crippen LogP contribution is 2.32. The second-order valence-electron chi connectivity index (χ2n) is 5.78. The van der Waals surface area contributed by atoms with Crippen LogP contribution in [0.1, 0.15) is 27.0 Å². The third kappa shape index (κ3) is 5.04. The van der Waals surface area contributed by atoms with Crippen molar-refractivity contribution in [2.45, 2.75) is 30.7 Å². The molecule has 0 fully saturated rings. The van der Waals surface area contributed by atoms with Gasteiger partial charge in [-0.05, 0) is 50.1 Å². The average molecular weight is 386 g/mol. The summed E-state index contributed by atoms with van der Waals surface area (Å²) in [6.07, 6.45) is -0.879. The van der Waals surface area contributed by atoms with Crippen LogP contribution in [-0.4, -0.2) is 15.9 Å². The Kier molecular flexibility index (Phi) is 6.02. The lowest BCUT2D eigenvalue weighted by atomic mass is 10.1. The van der Waals surface area contributed by atoms with Crippen LogP contribution in [0.5, 0.6) is 0 Å². The van der Waals surface area contributed by atoms with E-state index in [1.807, 2.05) is 51.1 Å². The minimum Gasteiger partial charge on any atom is -0.362 e. The number of aryl methyl sites for hydroxylation is 3. The van der Waals surface area contributed by atoms with Gasteiger partial charge in [0.05, 0.1) is 0 Å². The molecule has 2 N–H and O–H groups in total. The van der Waals surface area contributed by atoms with E-state index in [9.17, 15) is 4.79 Å². The highest BCUT2D eigenvalue weighted by Gasteiger charge is 2.34. The van der Waals surface area contributed by atoms with Crippen molar-refractivity contribution in [3.63, 3.8) is 0 Å². The first-order valence-corrected chi connectivity index (χ1v) is 8.58. The minimum atomic E-state index is -1.71. The Labute approximate surface area is 157 Å². The van der Waals surface area contributed by atoms with Crippen molar-refractivity contribution in [3.8, 4) is 0 Å². The van der Waals surface area contributed by atoms with Gasteiger partial charge in [-0.3, -0.25) is 4.79 Å². The third-order valence-electron chi connectivity index (χ3n) is 3.58. The smallest absolute Gasteiger partial charge is 0.252 e. The second-order valence-corrected chi connectivity index (χ2v) is 8.15. The van der Waals surface area contributed by atoms with E-state index >= 15 is 0 Å². The first-order chi connectivity index (χ1) is 11.2. The van der Waals surface area contributed by atoms with Gasteiger partial charge in [0.2, 0.25) is 3.79 Å². The largest absolute Gasteiger partial charge is 0.362 e. The number of hydrogen-bond acceptors (Lipinski definition) is 2. The predicted molar refractivity (Wildman–Crippen MR) is 102 cm³/mol. The molecule has 0 aromatic heterocycles. The number of alkyl halides is 3. The van der Waals surface area contributed by atoms with Crippen molar-refractivity contribution in [2.24, 2.45) is 0 Å². The van der Waals surface area contributed by atoms with Crippen LogP contribution in [-0.2, 0) is 0 Å². The average Bonchev–Trinajstić information content (AvgIpc) is 2.49. The molecule has 2 rings (SSSR count). The zero-order chi connectivity index (χ0) is 17.9. The highest BCUT2D eigenvalue weighted by atomic mass is 35.6. The van der Waals surface area contributed by atoms with Gasteiger partial charge in [0, 0.05) is 11.3 Å². The first kappa shape index (κ1) is 18.9. The van der Waals surface area contributed by atoms with Gasteiger partial charge >= 0.3 is 0 Å². The van der Waals surface area contributed by atoms with Crippen LogP contribution in [0, 0.1) is 20.8 Å². The molecule has 128 valence electrons. The van der Waals surface area contributed by atoms with Gasteiger partial charge < -0.3 is 10.6 Å². The number of nitrogens with one attached hydrogen (secondary N) is 2. The summed E-state index contributed by atoms with van der Waals surface area (Å²) in [5.74, 6) is -0.312. The van der Waals surface area contributed by atoms with E-state index in [2.05, 4.69) is 10.6 Å². The Bertz CT molecular complexity index is 741. The maximum absolute atomic E-state index is 12.5. The zero-order valence-corrected chi connectivity index (χ0v) is 15.9. The van der Waals surface area contributed by atoms with E-state index in [4.69, 9.17) is 34.8 Å². The number of amides is 1. The molecular weight excluding hydrogens is 367 g/mol. The normalized spacial score (nSPS) is 12.6. The number of carbonyl (C=O) groups is 1. The molecule has 0 saturated heterocycles. The molecule has 3 nitrogen and oxygen atoms in total. The Morgan fingerprint density at radius 1 is 1.00 bits per heavy atom.